The van der Waals surface area contributed by atoms with Crippen molar-refractivity contribution in [3.63, 3.8) is 0 Å². The molecule has 0 aliphatic heterocycles. The maximum absolute atomic E-state index is 13.1. The van der Waals surface area contributed by atoms with Crippen LogP contribution in [0.25, 0.3) is 0 Å². The van der Waals surface area contributed by atoms with Crippen molar-refractivity contribution in [2.45, 2.75) is 26.7 Å². The predicted molar refractivity (Wildman–Crippen MR) is 91.3 cm³/mol. The van der Waals surface area contributed by atoms with Gasteiger partial charge >= 0.3 is 0 Å². The van der Waals surface area contributed by atoms with Crippen LogP contribution in [0, 0.1) is 0 Å². The monoisotopic (exact) mass is 324 g/mol. The molecule has 0 unspecified atom stereocenters. The number of fused-ring (bicyclic) bond motifs is 2. The van der Waals surface area contributed by atoms with Crippen molar-refractivity contribution >= 4 is 11.6 Å². The minimum atomic E-state index is -0.210. The molecule has 0 amide bonds. The van der Waals surface area contributed by atoms with Crippen LogP contribution in [0.4, 0.5) is 0 Å². The van der Waals surface area contributed by atoms with E-state index in [0.717, 1.165) is 12.8 Å². The first-order valence-electron chi connectivity index (χ1n) is 8.30. The fourth-order valence-corrected chi connectivity index (χ4v) is 2.84. The third-order valence-electron chi connectivity index (χ3n) is 3.92. The zero-order chi connectivity index (χ0) is 17.1. The molecule has 24 heavy (non-hydrogen) atoms. The average Bonchev–Trinajstić information content (AvgIpc) is 2.62. The van der Waals surface area contributed by atoms with Crippen LogP contribution in [0.3, 0.4) is 0 Å². The average molecular weight is 324 g/mol. The van der Waals surface area contributed by atoms with E-state index in [-0.39, 0.29) is 11.6 Å². The van der Waals surface area contributed by atoms with Gasteiger partial charge in [-0.1, -0.05) is 38.1 Å². The van der Waals surface area contributed by atoms with E-state index in [0.29, 0.717) is 47.0 Å². The minimum absolute atomic E-state index is 0.163. The van der Waals surface area contributed by atoms with Crippen LogP contribution in [-0.2, 0) is 0 Å². The van der Waals surface area contributed by atoms with Gasteiger partial charge in [0.1, 0.15) is 11.5 Å². The lowest BCUT2D eigenvalue weighted by Gasteiger charge is -2.22. The molecule has 0 spiro atoms. The van der Waals surface area contributed by atoms with Crippen molar-refractivity contribution < 1.29 is 19.1 Å². The van der Waals surface area contributed by atoms with Crippen LogP contribution in [0.5, 0.6) is 11.5 Å². The van der Waals surface area contributed by atoms with Gasteiger partial charge in [0, 0.05) is 11.1 Å². The Morgan fingerprint density at radius 2 is 1.17 bits per heavy atom. The molecule has 2 aromatic rings. The molecule has 0 radical (unpaired) electrons. The van der Waals surface area contributed by atoms with Gasteiger partial charge in [0.2, 0.25) is 5.78 Å². The van der Waals surface area contributed by atoms with E-state index in [1.54, 1.807) is 36.4 Å². The molecule has 0 heterocycles. The highest BCUT2D eigenvalue weighted by Crippen LogP contribution is 2.37. The van der Waals surface area contributed by atoms with Crippen molar-refractivity contribution in [2.24, 2.45) is 0 Å². The highest BCUT2D eigenvalue weighted by atomic mass is 16.5. The normalized spacial score (nSPS) is 12.6. The minimum Gasteiger partial charge on any atom is -0.493 e. The quantitative estimate of drug-likeness (QED) is 0.686. The first kappa shape index (κ1) is 16.2. The Balaban J connectivity index is 2.13. The second-order valence-corrected chi connectivity index (χ2v) is 5.71. The van der Waals surface area contributed by atoms with E-state index < -0.39 is 0 Å². The maximum Gasteiger partial charge on any atom is 0.201 e. The summed E-state index contributed by atoms with van der Waals surface area (Å²) >= 11 is 0. The maximum atomic E-state index is 13.1. The molecule has 1 aliphatic rings. The highest BCUT2D eigenvalue weighted by molar-refractivity contribution is 6.30. The Labute approximate surface area is 141 Å². The second-order valence-electron chi connectivity index (χ2n) is 5.71. The smallest absolute Gasteiger partial charge is 0.201 e. The lowest BCUT2D eigenvalue weighted by molar-refractivity contribution is 0.0972. The molecule has 0 atom stereocenters. The van der Waals surface area contributed by atoms with Crippen molar-refractivity contribution in [3.8, 4) is 11.5 Å². The zero-order valence-corrected chi connectivity index (χ0v) is 13.9. The number of ether oxygens (including phenoxy) is 2. The van der Waals surface area contributed by atoms with Crippen LogP contribution in [0.2, 0.25) is 0 Å². The highest BCUT2D eigenvalue weighted by Gasteiger charge is 2.34. The van der Waals surface area contributed by atoms with Crippen molar-refractivity contribution in [1.29, 1.82) is 0 Å². The molecular formula is C20H20O4. The summed E-state index contributed by atoms with van der Waals surface area (Å²) in [6.45, 7) is 4.99. The molecule has 0 aromatic heterocycles. The molecule has 1 aliphatic carbocycles. The van der Waals surface area contributed by atoms with Gasteiger partial charge in [-0.15, -0.1) is 0 Å². The van der Waals surface area contributed by atoms with Gasteiger partial charge in [-0.3, -0.25) is 9.59 Å². The van der Waals surface area contributed by atoms with Gasteiger partial charge in [-0.2, -0.15) is 0 Å². The van der Waals surface area contributed by atoms with Crippen molar-refractivity contribution in [1.82, 2.24) is 0 Å². The summed E-state index contributed by atoms with van der Waals surface area (Å²) in [6.07, 6.45) is 1.65. The third kappa shape index (κ3) is 2.68. The van der Waals surface area contributed by atoms with Gasteiger partial charge < -0.3 is 9.47 Å². The van der Waals surface area contributed by atoms with E-state index >= 15 is 0 Å². The molecule has 2 aromatic carbocycles. The molecule has 3 rings (SSSR count). The zero-order valence-electron chi connectivity index (χ0n) is 13.9. The summed E-state index contributed by atoms with van der Waals surface area (Å²) in [6, 6.07) is 10.3. The summed E-state index contributed by atoms with van der Waals surface area (Å²) < 4.78 is 11.4. The number of carbonyl (C=O) groups excluding carboxylic acids is 2. The summed E-state index contributed by atoms with van der Waals surface area (Å²) in [5.74, 6) is 0.550. The van der Waals surface area contributed by atoms with Gasteiger partial charge in [-0.25, -0.2) is 0 Å². The molecule has 124 valence electrons. The number of benzene rings is 2. The summed E-state index contributed by atoms with van der Waals surface area (Å²) in [4.78, 5) is 26.0. The molecule has 0 bridgehead atoms. The summed E-state index contributed by atoms with van der Waals surface area (Å²) in [5.41, 5.74) is 1.48. The molecule has 4 nitrogen and oxygen atoms in total. The number of rotatable bonds is 6. The van der Waals surface area contributed by atoms with Crippen LogP contribution >= 0.6 is 0 Å². The Kier molecular flexibility index (Phi) is 4.65. The van der Waals surface area contributed by atoms with E-state index in [2.05, 4.69) is 0 Å². The van der Waals surface area contributed by atoms with E-state index in [1.807, 2.05) is 13.8 Å². The van der Waals surface area contributed by atoms with Gasteiger partial charge in [-0.05, 0) is 25.0 Å². The van der Waals surface area contributed by atoms with Crippen LogP contribution in [0.1, 0.15) is 58.5 Å². The summed E-state index contributed by atoms with van der Waals surface area (Å²) in [5, 5.41) is 0. The van der Waals surface area contributed by atoms with Crippen LogP contribution < -0.4 is 9.47 Å². The Hall–Kier alpha value is -2.62. The van der Waals surface area contributed by atoms with Gasteiger partial charge in [0.05, 0.1) is 24.3 Å². The SMILES string of the molecule is CCCOc1cccc2c1C(=O)c1c(OCCC)cccc1C2=O. The van der Waals surface area contributed by atoms with E-state index in [9.17, 15) is 9.59 Å². The van der Waals surface area contributed by atoms with Gasteiger partial charge in [0.15, 0.2) is 5.78 Å². The number of hydrogen-bond donors (Lipinski definition) is 0. The molecule has 0 saturated heterocycles. The van der Waals surface area contributed by atoms with Gasteiger partial charge in [0.25, 0.3) is 0 Å². The molecule has 4 heteroatoms. The molecule has 0 saturated carbocycles. The fourth-order valence-electron chi connectivity index (χ4n) is 2.84. The lowest BCUT2D eigenvalue weighted by Crippen LogP contribution is -2.23. The Morgan fingerprint density at radius 1 is 0.708 bits per heavy atom. The van der Waals surface area contributed by atoms with Crippen molar-refractivity contribution in [2.75, 3.05) is 13.2 Å². The number of ketones is 2. The fraction of sp³-hybridized carbons (Fsp3) is 0.300. The summed E-state index contributed by atoms with van der Waals surface area (Å²) in [7, 11) is 0. The Bertz CT molecular complexity index is 729. The van der Waals surface area contributed by atoms with E-state index in [1.165, 1.54) is 0 Å². The first-order chi connectivity index (χ1) is 11.7. The van der Waals surface area contributed by atoms with Crippen LogP contribution in [-0.4, -0.2) is 24.8 Å². The number of carbonyl (C=O) groups is 2. The van der Waals surface area contributed by atoms with Crippen molar-refractivity contribution in [3.05, 3.63) is 58.7 Å². The second kappa shape index (κ2) is 6.87. The number of hydrogen-bond acceptors (Lipinski definition) is 4. The topological polar surface area (TPSA) is 52.6 Å². The predicted octanol–water partition coefficient (Wildman–Crippen LogP) is 4.04. The Morgan fingerprint density at radius 3 is 1.58 bits per heavy atom. The molecular weight excluding hydrogens is 304 g/mol. The molecule has 0 fully saturated rings. The molecule has 0 N–H and O–H groups in total. The first-order valence-corrected chi connectivity index (χ1v) is 8.30. The largest absolute Gasteiger partial charge is 0.493 e. The van der Waals surface area contributed by atoms with Crippen LogP contribution in [0.15, 0.2) is 36.4 Å². The third-order valence-corrected chi connectivity index (χ3v) is 3.92. The standard InChI is InChI=1S/C20H20O4/c1-3-11-23-15-9-5-7-13-17(15)20(22)18-14(19(13)21)8-6-10-16(18)24-12-4-2/h5-10H,3-4,11-12H2,1-2H3. The lowest BCUT2D eigenvalue weighted by atomic mass is 9.83. The van der Waals surface area contributed by atoms with E-state index in [4.69, 9.17) is 9.47 Å².